The van der Waals surface area contributed by atoms with Crippen molar-refractivity contribution in [2.24, 2.45) is 0 Å². The molecule has 2 rings (SSSR count). The number of methoxy groups -OCH3 is 1. The molecule has 5 nitrogen and oxygen atoms in total. The Morgan fingerprint density at radius 3 is 2.60 bits per heavy atom. The fourth-order valence-electron chi connectivity index (χ4n) is 2.51. The predicted octanol–water partition coefficient (Wildman–Crippen LogP) is 5.44. The number of nitriles is 1. The maximum absolute atomic E-state index is 12.8. The van der Waals surface area contributed by atoms with Gasteiger partial charge in [-0.15, -0.1) is 0 Å². The Balaban J connectivity index is 2.23. The molecule has 0 aliphatic heterocycles. The van der Waals surface area contributed by atoms with Crippen LogP contribution in [0.1, 0.15) is 30.9 Å². The Hall–Kier alpha value is -3.47. The van der Waals surface area contributed by atoms with Gasteiger partial charge in [-0.1, -0.05) is 25.5 Å². The number of benzene rings is 2. The number of amides is 1. The first kappa shape index (κ1) is 22.8. The van der Waals surface area contributed by atoms with E-state index in [1.165, 1.54) is 25.3 Å². The normalized spacial score (nSPS) is 11.5. The van der Waals surface area contributed by atoms with E-state index in [0.717, 1.165) is 25.0 Å². The van der Waals surface area contributed by atoms with Crippen molar-refractivity contribution in [3.63, 3.8) is 0 Å². The Morgan fingerprint density at radius 2 is 1.97 bits per heavy atom. The van der Waals surface area contributed by atoms with Crippen molar-refractivity contribution < 1.29 is 27.4 Å². The monoisotopic (exact) mass is 418 g/mol. The molecular weight excluding hydrogens is 397 g/mol. The van der Waals surface area contributed by atoms with E-state index in [1.54, 1.807) is 24.3 Å². The molecule has 0 heterocycles. The van der Waals surface area contributed by atoms with Gasteiger partial charge in [0.25, 0.3) is 5.91 Å². The van der Waals surface area contributed by atoms with E-state index < -0.39 is 17.6 Å². The molecule has 0 unspecified atom stereocenters. The van der Waals surface area contributed by atoms with Crippen LogP contribution in [0.25, 0.3) is 6.08 Å². The zero-order valence-corrected chi connectivity index (χ0v) is 16.5. The lowest BCUT2D eigenvalue weighted by Gasteiger charge is -2.11. The summed E-state index contributed by atoms with van der Waals surface area (Å²) in [5.41, 5.74) is -0.712. The summed E-state index contributed by atoms with van der Waals surface area (Å²) in [5, 5.41) is 11.7. The number of unbranched alkanes of at least 4 members (excludes halogenated alkanes) is 1. The molecule has 0 fully saturated rings. The molecule has 0 radical (unpaired) electrons. The average Bonchev–Trinajstić information content (AvgIpc) is 2.72. The van der Waals surface area contributed by atoms with Crippen molar-refractivity contribution in [3.8, 4) is 17.6 Å². The van der Waals surface area contributed by atoms with Crippen LogP contribution < -0.4 is 14.8 Å². The van der Waals surface area contributed by atoms with Gasteiger partial charge in [-0.25, -0.2) is 0 Å². The Bertz CT molecular complexity index is 963. The van der Waals surface area contributed by atoms with Gasteiger partial charge in [-0.3, -0.25) is 4.79 Å². The van der Waals surface area contributed by atoms with Crippen LogP contribution in [0, 0.1) is 11.3 Å². The van der Waals surface area contributed by atoms with E-state index in [9.17, 15) is 23.2 Å². The van der Waals surface area contributed by atoms with Gasteiger partial charge in [0.1, 0.15) is 11.6 Å². The number of nitrogens with zero attached hydrogens (tertiary/aromatic N) is 1. The van der Waals surface area contributed by atoms with Crippen molar-refractivity contribution in [3.05, 3.63) is 59.2 Å². The second-order valence-corrected chi connectivity index (χ2v) is 6.31. The summed E-state index contributed by atoms with van der Waals surface area (Å²) in [6.45, 7) is 2.52. The molecule has 2 aromatic rings. The number of rotatable bonds is 8. The van der Waals surface area contributed by atoms with E-state index in [-0.39, 0.29) is 11.3 Å². The smallest absolute Gasteiger partial charge is 0.416 e. The second-order valence-electron chi connectivity index (χ2n) is 6.31. The first-order chi connectivity index (χ1) is 14.3. The zero-order valence-electron chi connectivity index (χ0n) is 16.5. The highest BCUT2D eigenvalue weighted by atomic mass is 19.4. The topological polar surface area (TPSA) is 71.3 Å². The first-order valence-corrected chi connectivity index (χ1v) is 9.19. The fraction of sp³-hybridized carbons (Fsp3) is 0.273. The minimum Gasteiger partial charge on any atom is -0.493 e. The second kappa shape index (κ2) is 10.3. The maximum Gasteiger partial charge on any atom is 0.416 e. The number of hydrogen-bond acceptors (Lipinski definition) is 4. The molecule has 0 bridgehead atoms. The summed E-state index contributed by atoms with van der Waals surface area (Å²) in [6, 6.07) is 10.9. The Labute approximate surface area is 172 Å². The lowest BCUT2D eigenvalue weighted by atomic mass is 10.1. The highest BCUT2D eigenvalue weighted by Gasteiger charge is 2.30. The van der Waals surface area contributed by atoms with Crippen molar-refractivity contribution in [1.29, 1.82) is 5.26 Å². The molecule has 2 aromatic carbocycles. The minimum absolute atomic E-state index is 0.0608. The number of ether oxygens (including phenoxy) is 2. The third-order valence-electron chi connectivity index (χ3n) is 4.07. The molecule has 0 aromatic heterocycles. The molecule has 0 aliphatic carbocycles. The third-order valence-corrected chi connectivity index (χ3v) is 4.07. The molecule has 8 heteroatoms. The van der Waals surface area contributed by atoms with Gasteiger partial charge in [-0.2, -0.15) is 18.4 Å². The number of nitrogens with one attached hydrogen (secondary N) is 1. The number of carbonyl (C=O) groups excluding carboxylic acids is 1. The van der Waals surface area contributed by atoms with Gasteiger partial charge in [-0.05, 0) is 48.4 Å². The number of carbonyl (C=O) groups is 1. The summed E-state index contributed by atoms with van der Waals surface area (Å²) < 4.78 is 49.4. The van der Waals surface area contributed by atoms with Crippen molar-refractivity contribution in [2.75, 3.05) is 19.0 Å². The molecule has 0 atom stereocenters. The van der Waals surface area contributed by atoms with Gasteiger partial charge in [0, 0.05) is 5.69 Å². The van der Waals surface area contributed by atoms with Crippen molar-refractivity contribution in [2.45, 2.75) is 25.9 Å². The number of halogens is 3. The molecule has 0 saturated carbocycles. The Kier molecular flexibility index (Phi) is 7.87. The summed E-state index contributed by atoms with van der Waals surface area (Å²) in [4.78, 5) is 12.4. The molecule has 1 amide bonds. The predicted molar refractivity (Wildman–Crippen MR) is 107 cm³/mol. The van der Waals surface area contributed by atoms with Gasteiger partial charge in [0.15, 0.2) is 11.5 Å². The molecule has 0 aliphatic rings. The standard InChI is InChI=1S/C22H21F3N2O3/c1-3-4-10-30-20-12-15(8-9-19(20)29-2)11-16(14-26)21(28)27-18-7-5-6-17(13-18)22(23,24)25/h5-9,11-13H,3-4,10H2,1-2H3,(H,27,28)/b16-11+. The van der Waals surface area contributed by atoms with Gasteiger partial charge >= 0.3 is 6.18 Å². The summed E-state index contributed by atoms with van der Waals surface area (Å²) >= 11 is 0. The molecule has 30 heavy (non-hydrogen) atoms. The van der Waals surface area contributed by atoms with Crippen LogP contribution >= 0.6 is 0 Å². The fourth-order valence-corrected chi connectivity index (χ4v) is 2.51. The van der Waals surface area contributed by atoms with Gasteiger partial charge in [0.2, 0.25) is 0 Å². The van der Waals surface area contributed by atoms with E-state index in [0.29, 0.717) is 23.7 Å². The van der Waals surface area contributed by atoms with E-state index in [4.69, 9.17) is 9.47 Å². The van der Waals surface area contributed by atoms with Gasteiger partial charge in [0.05, 0.1) is 19.3 Å². The summed E-state index contributed by atoms with van der Waals surface area (Å²) in [6.07, 6.45) is -1.40. The van der Waals surface area contributed by atoms with Crippen LogP contribution in [0.3, 0.4) is 0 Å². The van der Waals surface area contributed by atoms with E-state index in [1.807, 2.05) is 6.92 Å². The van der Waals surface area contributed by atoms with Crippen molar-refractivity contribution in [1.82, 2.24) is 0 Å². The minimum atomic E-state index is -4.54. The molecule has 1 N–H and O–H groups in total. The average molecular weight is 418 g/mol. The quantitative estimate of drug-likeness (QED) is 0.352. The molecular formula is C22H21F3N2O3. The van der Waals surface area contributed by atoms with Crippen molar-refractivity contribution >= 4 is 17.7 Å². The van der Waals surface area contributed by atoms with E-state index in [2.05, 4.69) is 5.32 Å². The van der Waals surface area contributed by atoms with E-state index >= 15 is 0 Å². The lowest BCUT2D eigenvalue weighted by molar-refractivity contribution is -0.137. The molecule has 0 spiro atoms. The molecule has 158 valence electrons. The number of alkyl halides is 3. The highest BCUT2D eigenvalue weighted by Crippen LogP contribution is 2.31. The Morgan fingerprint density at radius 1 is 1.20 bits per heavy atom. The summed E-state index contributed by atoms with van der Waals surface area (Å²) in [5.74, 6) is 0.159. The van der Waals surface area contributed by atoms with Crippen LogP contribution in [-0.2, 0) is 11.0 Å². The highest BCUT2D eigenvalue weighted by molar-refractivity contribution is 6.09. The van der Waals surface area contributed by atoms with Crippen LogP contribution in [-0.4, -0.2) is 19.6 Å². The summed E-state index contributed by atoms with van der Waals surface area (Å²) in [7, 11) is 1.50. The zero-order chi connectivity index (χ0) is 22.1. The SMILES string of the molecule is CCCCOc1cc(/C=C(\C#N)C(=O)Nc2cccc(C(F)(F)F)c2)ccc1OC. The van der Waals surface area contributed by atoms with Crippen LogP contribution in [0.15, 0.2) is 48.0 Å². The number of anilines is 1. The number of hydrogen-bond donors (Lipinski definition) is 1. The first-order valence-electron chi connectivity index (χ1n) is 9.19. The van der Waals surface area contributed by atoms with Gasteiger partial charge < -0.3 is 14.8 Å². The van der Waals surface area contributed by atoms with Crippen LogP contribution in [0.2, 0.25) is 0 Å². The third kappa shape index (κ3) is 6.27. The lowest BCUT2D eigenvalue weighted by Crippen LogP contribution is -2.14. The largest absolute Gasteiger partial charge is 0.493 e. The molecule has 0 saturated heterocycles. The maximum atomic E-state index is 12.8. The van der Waals surface area contributed by atoms with Crippen LogP contribution in [0.5, 0.6) is 11.5 Å². The van der Waals surface area contributed by atoms with Crippen LogP contribution in [0.4, 0.5) is 18.9 Å².